The number of carbonyl (C=O) groups excluding carboxylic acids is 1. The van der Waals surface area contributed by atoms with Gasteiger partial charge in [0.15, 0.2) is 5.76 Å². The van der Waals surface area contributed by atoms with Crippen molar-refractivity contribution in [3.05, 3.63) is 87.1 Å². The topological polar surface area (TPSA) is 99.2 Å². The first kappa shape index (κ1) is 23.8. The van der Waals surface area contributed by atoms with E-state index in [0.29, 0.717) is 42.9 Å². The predicted octanol–water partition coefficient (Wildman–Crippen LogP) is 5.30. The maximum absolute atomic E-state index is 13.1. The second kappa shape index (κ2) is 9.71. The van der Waals surface area contributed by atoms with Crippen LogP contribution >= 0.6 is 31.9 Å². The van der Waals surface area contributed by atoms with E-state index in [4.69, 9.17) is 9.15 Å². The molecule has 3 aromatic heterocycles. The summed E-state index contributed by atoms with van der Waals surface area (Å²) in [5, 5.41) is 10.3. The van der Waals surface area contributed by atoms with Gasteiger partial charge >= 0.3 is 0 Å². The average molecular weight is 624 g/mol. The van der Waals surface area contributed by atoms with Crippen molar-refractivity contribution in [1.29, 1.82) is 0 Å². The third-order valence-corrected chi connectivity index (χ3v) is 7.26. The number of oxazole rings is 1. The second-order valence-electron chi connectivity index (χ2n) is 8.76. The molecule has 0 N–H and O–H groups in total. The predicted molar refractivity (Wildman–Crippen MR) is 143 cm³/mol. The molecule has 5 aromatic rings. The minimum absolute atomic E-state index is 0.109. The zero-order chi connectivity index (χ0) is 25.5. The number of fused-ring (bicyclic) bond motifs is 1. The van der Waals surface area contributed by atoms with Crippen LogP contribution in [-0.4, -0.2) is 56.0 Å². The van der Waals surface area contributed by atoms with Crippen molar-refractivity contribution in [2.24, 2.45) is 0 Å². The standard InChI is InChI=1S/C26H20Br2N6O3/c1-36-25-20-9-19(28)6-5-15(20)8-21(30-25)26(35)33-11-17(12-33)22-13-34(32-31-22)14-24-29-10-23(37-24)16-3-2-4-18(27)7-16/h2-10,13,17H,11-12,14H2,1H3. The van der Waals surface area contributed by atoms with E-state index < -0.39 is 0 Å². The molecule has 0 bridgehead atoms. The maximum atomic E-state index is 13.1. The summed E-state index contributed by atoms with van der Waals surface area (Å²) < 4.78 is 14.9. The Morgan fingerprint density at radius 1 is 1.14 bits per heavy atom. The van der Waals surface area contributed by atoms with Crippen molar-refractivity contribution in [3.63, 3.8) is 0 Å². The van der Waals surface area contributed by atoms with Gasteiger partial charge in [0.05, 0.1) is 19.0 Å². The molecule has 9 nitrogen and oxygen atoms in total. The van der Waals surface area contributed by atoms with Crippen LogP contribution in [0.5, 0.6) is 5.88 Å². The molecule has 0 radical (unpaired) electrons. The monoisotopic (exact) mass is 622 g/mol. The lowest BCUT2D eigenvalue weighted by molar-refractivity contribution is 0.0592. The van der Waals surface area contributed by atoms with Gasteiger partial charge in [-0.25, -0.2) is 14.6 Å². The first-order chi connectivity index (χ1) is 18.0. The van der Waals surface area contributed by atoms with Gasteiger partial charge in [0.2, 0.25) is 11.8 Å². The molecule has 0 spiro atoms. The van der Waals surface area contributed by atoms with Gasteiger partial charge in [-0.15, -0.1) is 5.10 Å². The number of halogens is 2. The Kier molecular flexibility index (Phi) is 6.25. The van der Waals surface area contributed by atoms with Gasteiger partial charge in [0.1, 0.15) is 12.2 Å². The molecule has 1 saturated heterocycles. The molecule has 0 saturated carbocycles. The Hall–Kier alpha value is -3.57. The Bertz CT molecular complexity index is 1630. The molecule has 1 aliphatic heterocycles. The van der Waals surface area contributed by atoms with Crippen LogP contribution in [0.3, 0.4) is 0 Å². The molecule has 0 aliphatic carbocycles. The molecule has 1 fully saturated rings. The number of nitrogens with zero attached hydrogens (tertiary/aromatic N) is 6. The first-order valence-electron chi connectivity index (χ1n) is 11.5. The maximum Gasteiger partial charge on any atom is 0.272 e. The molecule has 0 unspecified atom stereocenters. The Labute approximate surface area is 228 Å². The lowest BCUT2D eigenvalue weighted by Gasteiger charge is -2.37. The normalized spacial score (nSPS) is 13.6. The Morgan fingerprint density at radius 3 is 2.78 bits per heavy atom. The van der Waals surface area contributed by atoms with Gasteiger partial charge in [-0.3, -0.25) is 4.79 Å². The van der Waals surface area contributed by atoms with Gasteiger partial charge < -0.3 is 14.1 Å². The van der Waals surface area contributed by atoms with Gasteiger partial charge in [-0.05, 0) is 35.7 Å². The SMILES string of the molecule is COc1nc(C(=O)N2CC(c3cn(Cc4ncc(-c5cccc(Br)c5)o4)nn3)C2)cc2ccc(Br)cc12. The van der Waals surface area contributed by atoms with E-state index in [0.717, 1.165) is 31.0 Å². The van der Waals surface area contributed by atoms with E-state index in [2.05, 4.69) is 52.1 Å². The molecule has 11 heteroatoms. The third-order valence-electron chi connectivity index (χ3n) is 6.28. The molecule has 1 amide bonds. The van der Waals surface area contributed by atoms with E-state index in [1.165, 1.54) is 0 Å². The fourth-order valence-electron chi connectivity index (χ4n) is 4.32. The second-order valence-corrected chi connectivity index (χ2v) is 10.6. The number of rotatable bonds is 6. The van der Waals surface area contributed by atoms with Crippen molar-refractivity contribution in [1.82, 2.24) is 29.9 Å². The van der Waals surface area contributed by atoms with Gasteiger partial charge in [0, 0.05) is 45.1 Å². The highest BCUT2D eigenvalue weighted by Gasteiger charge is 2.35. The molecule has 0 atom stereocenters. The molecule has 37 heavy (non-hydrogen) atoms. The quantitative estimate of drug-likeness (QED) is 0.253. The first-order valence-corrected chi connectivity index (χ1v) is 13.1. The van der Waals surface area contributed by atoms with Crippen molar-refractivity contribution >= 4 is 48.5 Å². The summed E-state index contributed by atoms with van der Waals surface area (Å²) in [6.45, 7) is 1.46. The van der Waals surface area contributed by atoms with Crippen molar-refractivity contribution in [3.8, 4) is 17.2 Å². The Balaban J connectivity index is 1.11. The van der Waals surface area contributed by atoms with Crippen molar-refractivity contribution in [2.45, 2.75) is 12.5 Å². The van der Waals surface area contributed by atoms with Crippen LogP contribution in [0.4, 0.5) is 0 Å². The van der Waals surface area contributed by atoms with Gasteiger partial charge in [-0.2, -0.15) is 0 Å². The summed E-state index contributed by atoms with van der Waals surface area (Å²) in [6.07, 6.45) is 3.59. The zero-order valence-electron chi connectivity index (χ0n) is 19.6. The molecule has 186 valence electrons. The van der Waals surface area contributed by atoms with Crippen molar-refractivity contribution < 1.29 is 13.9 Å². The molecule has 1 aliphatic rings. The number of carbonyl (C=O) groups is 1. The highest BCUT2D eigenvalue weighted by atomic mass is 79.9. The molecular weight excluding hydrogens is 604 g/mol. The zero-order valence-corrected chi connectivity index (χ0v) is 22.8. The number of hydrogen-bond donors (Lipinski definition) is 0. The lowest BCUT2D eigenvalue weighted by Crippen LogP contribution is -2.48. The summed E-state index contributed by atoms with van der Waals surface area (Å²) in [6, 6.07) is 15.4. The number of pyridine rings is 1. The van der Waals surface area contributed by atoms with E-state index in [-0.39, 0.29) is 11.8 Å². The summed E-state index contributed by atoms with van der Waals surface area (Å²) in [4.78, 5) is 23.7. The molecule has 6 rings (SSSR count). The largest absolute Gasteiger partial charge is 0.481 e. The number of ether oxygens (including phenoxy) is 1. The van der Waals surface area contributed by atoms with Crippen LogP contribution in [0.25, 0.3) is 22.1 Å². The van der Waals surface area contributed by atoms with Crippen LogP contribution in [0, 0.1) is 0 Å². The third kappa shape index (κ3) is 4.76. The summed E-state index contributed by atoms with van der Waals surface area (Å²) in [5.41, 5.74) is 2.13. The number of likely N-dealkylation sites (tertiary alicyclic amines) is 1. The number of methoxy groups -OCH3 is 1. The van der Waals surface area contributed by atoms with Crippen LogP contribution < -0.4 is 4.74 Å². The van der Waals surface area contributed by atoms with Crippen LogP contribution in [0.2, 0.25) is 0 Å². The van der Waals surface area contributed by atoms with Gasteiger partial charge in [-0.1, -0.05) is 55.3 Å². The van der Waals surface area contributed by atoms with Crippen LogP contribution in [0.1, 0.15) is 28.0 Å². The molecular formula is C26H20Br2N6O3. The number of aromatic nitrogens is 5. The summed E-state index contributed by atoms with van der Waals surface area (Å²) in [5.74, 6) is 1.64. The van der Waals surface area contributed by atoms with E-state index in [9.17, 15) is 4.79 Å². The highest BCUT2D eigenvalue weighted by molar-refractivity contribution is 9.10. The average Bonchev–Trinajstić information content (AvgIpc) is 3.52. The molecule has 2 aromatic carbocycles. The minimum Gasteiger partial charge on any atom is -0.481 e. The fraction of sp³-hybridized carbons (Fsp3) is 0.192. The van der Waals surface area contributed by atoms with Crippen LogP contribution in [0.15, 0.2) is 74.3 Å². The number of hydrogen-bond acceptors (Lipinski definition) is 7. The lowest BCUT2D eigenvalue weighted by atomic mass is 9.96. The van der Waals surface area contributed by atoms with E-state index in [1.807, 2.05) is 48.7 Å². The van der Waals surface area contributed by atoms with Gasteiger partial charge in [0.25, 0.3) is 5.91 Å². The summed E-state index contributed by atoms with van der Waals surface area (Å²) >= 11 is 6.94. The van der Waals surface area contributed by atoms with E-state index >= 15 is 0 Å². The summed E-state index contributed by atoms with van der Waals surface area (Å²) in [7, 11) is 1.56. The minimum atomic E-state index is -0.133. The highest BCUT2D eigenvalue weighted by Crippen LogP contribution is 2.31. The van der Waals surface area contributed by atoms with E-state index in [1.54, 1.807) is 29.0 Å². The smallest absolute Gasteiger partial charge is 0.272 e. The van der Waals surface area contributed by atoms with Crippen molar-refractivity contribution in [2.75, 3.05) is 20.2 Å². The number of amides is 1. The van der Waals surface area contributed by atoms with Crippen LogP contribution in [-0.2, 0) is 6.54 Å². The number of benzene rings is 2. The molecule has 4 heterocycles. The Morgan fingerprint density at radius 2 is 1.97 bits per heavy atom. The fourth-order valence-corrected chi connectivity index (χ4v) is 5.08.